The van der Waals surface area contributed by atoms with E-state index in [0.29, 0.717) is 35.3 Å². The molecule has 0 aromatic carbocycles. The molecule has 3 saturated carbocycles. The van der Waals surface area contributed by atoms with Crippen LogP contribution in [0.2, 0.25) is 0 Å². The van der Waals surface area contributed by atoms with Crippen LogP contribution in [0.15, 0.2) is 11.1 Å². The van der Waals surface area contributed by atoms with Crippen LogP contribution >= 0.6 is 0 Å². The predicted octanol–water partition coefficient (Wildman–Crippen LogP) is 4.98. The van der Waals surface area contributed by atoms with Crippen molar-refractivity contribution in [1.29, 1.82) is 0 Å². The quantitative estimate of drug-likeness (QED) is 0.427. The van der Waals surface area contributed by atoms with Crippen LogP contribution < -0.4 is 11.1 Å². The molecule has 1 spiro atoms. The van der Waals surface area contributed by atoms with Crippen molar-refractivity contribution in [3.63, 3.8) is 0 Å². The fraction of sp³-hybridized carbons (Fsp3) is 0.900. The summed E-state index contributed by atoms with van der Waals surface area (Å²) in [5.41, 5.74) is 9.40. The highest BCUT2D eigenvalue weighted by atomic mass is 16.5. The van der Waals surface area contributed by atoms with Gasteiger partial charge in [-0.3, -0.25) is 4.79 Å². The standard InChI is InChI=1S/C30H48N2O3/c1-17-11-26-28(32-16-17)19(3)30(35-26)10-8-22-23-6-5-20-12-21(34-27(33)15-31)7-9-29(20,4)25(23)13-24(22)18(2)14-30/h17,19-23,25-26,28,32H,5-16,31H2,1-4H3/t17-,19?,20?,21?,22?,23?,25-,26+,28-,29?,30?/m0/s1. The summed E-state index contributed by atoms with van der Waals surface area (Å²) in [6, 6.07) is 0.535. The van der Waals surface area contributed by atoms with Gasteiger partial charge in [-0.05, 0) is 113 Å². The Labute approximate surface area is 212 Å². The van der Waals surface area contributed by atoms with Gasteiger partial charge in [0.15, 0.2) is 0 Å². The maximum Gasteiger partial charge on any atom is 0.319 e. The minimum Gasteiger partial charge on any atom is -0.461 e. The Kier molecular flexibility index (Phi) is 6.17. The molecule has 0 aromatic heterocycles. The van der Waals surface area contributed by atoms with Crippen LogP contribution in [-0.2, 0) is 14.3 Å². The molecule has 5 nitrogen and oxygen atoms in total. The molecular formula is C30H48N2O3. The summed E-state index contributed by atoms with van der Waals surface area (Å²) < 4.78 is 12.7. The third-order valence-corrected chi connectivity index (χ3v) is 12.0. The van der Waals surface area contributed by atoms with Gasteiger partial charge in [0.2, 0.25) is 0 Å². The molecule has 6 rings (SSSR count). The van der Waals surface area contributed by atoms with Crippen molar-refractivity contribution in [3.05, 3.63) is 11.1 Å². The van der Waals surface area contributed by atoms with Crippen LogP contribution in [-0.4, -0.2) is 42.9 Å². The summed E-state index contributed by atoms with van der Waals surface area (Å²) in [5.74, 6) is 4.13. The lowest BCUT2D eigenvalue weighted by atomic mass is 9.52. The van der Waals surface area contributed by atoms with Gasteiger partial charge in [-0.25, -0.2) is 0 Å². The molecule has 5 fully saturated rings. The van der Waals surface area contributed by atoms with Gasteiger partial charge in [0.1, 0.15) is 6.10 Å². The minimum atomic E-state index is -0.238. The molecule has 0 bridgehead atoms. The first-order valence-corrected chi connectivity index (χ1v) is 14.7. The van der Waals surface area contributed by atoms with Gasteiger partial charge in [-0.2, -0.15) is 0 Å². The van der Waals surface area contributed by atoms with Crippen molar-refractivity contribution < 1.29 is 14.3 Å². The normalized spacial score (nSPS) is 51.3. The fourth-order valence-electron chi connectivity index (χ4n) is 10.1. The Bertz CT molecular complexity index is 887. The molecule has 4 aliphatic carbocycles. The lowest BCUT2D eigenvalue weighted by Gasteiger charge is -2.54. The molecule has 3 N–H and O–H groups in total. The topological polar surface area (TPSA) is 73.6 Å². The van der Waals surface area contributed by atoms with E-state index < -0.39 is 0 Å². The van der Waals surface area contributed by atoms with Gasteiger partial charge in [0.25, 0.3) is 0 Å². The van der Waals surface area contributed by atoms with Crippen LogP contribution in [0.4, 0.5) is 0 Å². The van der Waals surface area contributed by atoms with E-state index in [4.69, 9.17) is 15.2 Å². The van der Waals surface area contributed by atoms with Gasteiger partial charge < -0.3 is 20.5 Å². The lowest BCUT2D eigenvalue weighted by Crippen LogP contribution is -2.49. The Balaban J connectivity index is 1.21. The largest absolute Gasteiger partial charge is 0.461 e. The third kappa shape index (κ3) is 3.85. The zero-order chi connectivity index (χ0) is 24.5. The number of hydrogen-bond donors (Lipinski definition) is 2. The molecule has 0 radical (unpaired) electrons. The summed E-state index contributed by atoms with van der Waals surface area (Å²) in [5, 5.41) is 3.86. The Morgan fingerprint density at radius 1 is 1.17 bits per heavy atom. The van der Waals surface area contributed by atoms with E-state index in [-0.39, 0.29) is 24.2 Å². The maximum absolute atomic E-state index is 11.8. The summed E-state index contributed by atoms with van der Waals surface area (Å²) in [6.07, 6.45) is 12.5. The first-order valence-electron chi connectivity index (χ1n) is 14.7. The van der Waals surface area contributed by atoms with E-state index in [0.717, 1.165) is 43.6 Å². The van der Waals surface area contributed by atoms with Gasteiger partial charge in [0.05, 0.1) is 18.2 Å². The number of piperidine rings is 1. The molecule has 35 heavy (non-hydrogen) atoms. The molecular weight excluding hydrogens is 436 g/mol. The Morgan fingerprint density at radius 2 is 2.00 bits per heavy atom. The highest BCUT2D eigenvalue weighted by molar-refractivity contribution is 5.71. The van der Waals surface area contributed by atoms with E-state index in [9.17, 15) is 4.79 Å². The second-order valence-corrected chi connectivity index (χ2v) is 13.8. The molecule has 7 unspecified atom stereocenters. The Morgan fingerprint density at radius 3 is 2.80 bits per heavy atom. The highest BCUT2D eigenvalue weighted by Crippen LogP contribution is 2.65. The number of carbonyl (C=O) groups excluding carboxylic acids is 1. The smallest absolute Gasteiger partial charge is 0.319 e. The van der Waals surface area contributed by atoms with Crippen LogP contribution in [0.1, 0.15) is 91.9 Å². The number of ether oxygens (including phenoxy) is 2. The second kappa shape index (κ2) is 8.84. The summed E-state index contributed by atoms with van der Waals surface area (Å²) >= 11 is 0. The second-order valence-electron chi connectivity index (χ2n) is 13.8. The van der Waals surface area contributed by atoms with Crippen LogP contribution in [0, 0.1) is 40.9 Å². The van der Waals surface area contributed by atoms with Crippen molar-refractivity contribution in [2.24, 2.45) is 46.7 Å². The van der Waals surface area contributed by atoms with Crippen molar-refractivity contribution in [2.45, 2.75) is 116 Å². The summed E-state index contributed by atoms with van der Waals surface area (Å²) in [6.45, 7) is 11.0. The predicted molar refractivity (Wildman–Crippen MR) is 138 cm³/mol. The summed E-state index contributed by atoms with van der Waals surface area (Å²) in [7, 11) is 0. The molecule has 196 valence electrons. The van der Waals surface area contributed by atoms with Crippen molar-refractivity contribution in [3.8, 4) is 0 Å². The number of nitrogens with two attached hydrogens (primary N) is 1. The average molecular weight is 485 g/mol. The molecule has 2 aliphatic heterocycles. The zero-order valence-electron chi connectivity index (χ0n) is 22.5. The third-order valence-electron chi connectivity index (χ3n) is 12.0. The summed E-state index contributed by atoms with van der Waals surface area (Å²) in [4.78, 5) is 11.8. The van der Waals surface area contributed by atoms with Crippen LogP contribution in [0.25, 0.3) is 0 Å². The van der Waals surface area contributed by atoms with Crippen molar-refractivity contribution in [1.82, 2.24) is 5.32 Å². The first-order chi connectivity index (χ1) is 16.7. The number of rotatable bonds is 2. The number of carbonyl (C=O) groups is 1. The van der Waals surface area contributed by atoms with E-state index in [1.807, 2.05) is 5.57 Å². The van der Waals surface area contributed by atoms with E-state index in [1.165, 1.54) is 44.9 Å². The number of esters is 1. The van der Waals surface area contributed by atoms with Crippen LogP contribution in [0.3, 0.4) is 0 Å². The maximum atomic E-state index is 11.8. The molecule has 0 aromatic rings. The molecule has 2 heterocycles. The van der Waals surface area contributed by atoms with Crippen molar-refractivity contribution in [2.75, 3.05) is 13.1 Å². The lowest BCUT2D eigenvalue weighted by molar-refractivity contribution is -0.155. The highest BCUT2D eigenvalue weighted by Gasteiger charge is 2.59. The molecule has 6 aliphatic rings. The molecule has 5 heteroatoms. The number of nitrogens with one attached hydrogen (secondary N) is 1. The number of fused-ring (bicyclic) bond motifs is 6. The van der Waals surface area contributed by atoms with E-state index in [2.05, 4.69) is 33.0 Å². The minimum absolute atomic E-state index is 0.00134. The molecule has 2 saturated heterocycles. The number of allylic oxidation sites excluding steroid dienone is 1. The van der Waals surface area contributed by atoms with Gasteiger partial charge >= 0.3 is 5.97 Å². The zero-order valence-corrected chi connectivity index (χ0v) is 22.5. The fourth-order valence-corrected chi connectivity index (χ4v) is 10.1. The van der Waals surface area contributed by atoms with Gasteiger partial charge in [-0.1, -0.05) is 31.9 Å². The van der Waals surface area contributed by atoms with E-state index >= 15 is 0 Å². The Hall–Kier alpha value is -0.910. The van der Waals surface area contributed by atoms with Crippen molar-refractivity contribution >= 4 is 5.97 Å². The van der Waals surface area contributed by atoms with Gasteiger partial charge in [-0.15, -0.1) is 0 Å². The number of hydrogen-bond acceptors (Lipinski definition) is 5. The van der Waals surface area contributed by atoms with Gasteiger partial charge in [0, 0.05) is 12.0 Å². The monoisotopic (exact) mass is 484 g/mol. The SMILES string of the molecule is CC1=C2C[C@H]3C(CCC4CC(OC(=O)CN)CCC43C)C2CCC2(C1)O[C@@H]1C[C@H](C)CN[C@H]1C2C. The molecule has 11 atom stereocenters. The van der Waals surface area contributed by atoms with E-state index in [1.54, 1.807) is 5.57 Å². The van der Waals surface area contributed by atoms with Crippen LogP contribution in [0.5, 0.6) is 0 Å². The molecule has 0 amide bonds. The first kappa shape index (κ1) is 24.4. The average Bonchev–Trinajstić information content (AvgIpc) is 3.29.